The number of anilines is 1. The van der Waals surface area contributed by atoms with Crippen molar-refractivity contribution in [1.82, 2.24) is 9.78 Å². The first kappa shape index (κ1) is 19.7. The zero-order valence-electron chi connectivity index (χ0n) is 14.3. The van der Waals surface area contributed by atoms with E-state index in [9.17, 15) is 14.9 Å². The molecular weight excluding hydrogens is 407 g/mol. The number of nitro groups is 1. The molecular formula is C18H14Cl2N4O4. The SMILES string of the molecule is O=C(COc1ccc([N+](=O)[O-])cc1)Nc1ccnn1Cc1c(Cl)cccc1Cl. The largest absolute Gasteiger partial charge is 0.484 e. The number of hydrogen-bond acceptors (Lipinski definition) is 5. The first-order valence-electron chi connectivity index (χ1n) is 8.06. The van der Waals surface area contributed by atoms with E-state index in [2.05, 4.69) is 10.4 Å². The second kappa shape index (κ2) is 8.73. The standard InChI is InChI=1S/C18H14Cl2N4O4/c19-15-2-1-3-16(20)14(15)10-23-17(8-9-21-23)22-18(25)11-28-13-6-4-12(5-7-13)24(26)27/h1-9H,10-11H2,(H,22,25). The molecule has 1 aromatic heterocycles. The summed E-state index contributed by atoms with van der Waals surface area (Å²) in [7, 11) is 0. The highest BCUT2D eigenvalue weighted by atomic mass is 35.5. The Morgan fingerprint density at radius 3 is 2.46 bits per heavy atom. The fourth-order valence-electron chi connectivity index (χ4n) is 2.39. The topological polar surface area (TPSA) is 99.3 Å². The number of non-ortho nitro benzene ring substituents is 1. The number of nitrogens with zero attached hydrogens (tertiary/aromatic N) is 3. The number of aromatic nitrogens is 2. The van der Waals surface area contributed by atoms with Gasteiger partial charge in [0.05, 0.1) is 17.7 Å². The number of carbonyl (C=O) groups excluding carboxylic acids is 1. The highest BCUT2D eigenvalue weighted by Crippen LogP contribution is 2.26. The molecule has 0 bridgehead atoms. The minimum Gasteiger partial charge on any atom is -0.484 e. The number of benzene rings is 2. The summed E-state index contributed by atoms with van der Waals surface area (Å²) in [6.07, 6.45) is 1.54. The van der Waals surface area contributed by atoms with Gasteiger partial charge in [-0.15, -0.1) is 0 Å². The van der Waals surface area contributed by atoms with Crippen LogP contribution in [0.5, 0.6) is 5.75 Å². The number of amides is 1. The summed E-state index contributed by atoms with van der Waals surface area (Å²) < 4.78 is 6.89. The lowest BCUT2D eigenvalue weighted by Crippen LogP contribution is -2.22. The molecule has 0 atom stereocenters. The van der Waals surface area contributed by atoms with Gasteiger partial charge < -0.3 is 10.1 Å². The van der Waals surface area contributed by atoms with Gasteiger partial charge in [0.25, 0.3) is 11.6 Å². The van der Waals surface area contributed by atoms with E-state index in [1.807, 2.05) is 0 Å². The third-order valence-corrected chi connectivity index (χ3v) is 4.48. The second-order valence-electron chi connectivity index (χ2n) is 5.66. The molecule has 0 saturated heterocycles. The molecule has 0 radical (unpaired) electrons. The maximum atomic E-state index is 12.2. The quantitative estimate of drug-likeness (QED) is 0.456. The van der Waals surface area contributed by atoms with Crippen LogP contribution in [0.4, 0.5) is 11.5 Å². The van der Waals surface area contributed by atoms with Crippen molar-refractivity contribution < 1.29 is 14.5 Å². The highest BCUT2D eigenvalue weighted by Gasteiger charge is 2.12. The lowest BCUT2D eigenvalue weighted by atomic mass is 10.2. The van der Waals surface area contributed by atoms with E-state index < -0.39 is 10.8 Å². The van der Waals surface area contributed by atoms with Crippen LogP contribution in [0.25, 0.3) is 0 Å². The molecule has 3 aromatic rings. The minimum atomic E-state index is -0.511. The van der Waals surface area contributed by atoms with E-state index in [-0.39, 0.29) is 18.8 Å². The molecule has 0 unspecified atom stereocenters. The highest BCUT2D eigenvalue weighted by molar-refractivity contribution is 6.35. The van der Waals surface area contributed by atoms with Crippen LogP contribution in [0.1, 0.15) is 5.56 Å². The summed E-state index contributed by atoms with van der Waals surface area (Å²) in [6.45, 7) is 0.0141. The zero-order chi connectivity index (χ0) is 20.1. The number of carbonyl (C=O) groups is 1. The van der Waals surface area contributed by atoms with E-state index in [1.54, 1.807) is 28.9 Å². The maximum absolute atomic E-state index is 12.2. The van der Waals surface area contributed by atoms with Crippen molar-refractivity contribution in [3.05, 3.63) is 80.5 Å². The average Bonchev–Trinajstić information content (AvgIpc) is 3.10. The van der Waals surface area contributed by atoms with Crippen molar-refractivity contribution in [3.63, 3.8) is 0 Å². The Balaban J connectivity index is 1.61. The molecule has 2 aromatic carbocycles. The van der Waals surface area contributed by atoms with Crippen LogP contribution in [0.15, 0.2) is 54.7 Å². The Morgan fingerprint density at radius 2 is 1.82 bits per heavy atom. The Kier molecular flexibility index (Phi) is 6.13. The zero-order valence-corrected chi connectivity index (χ0v) is 15.9. The van der Waals surface area contributed by atoms with Gasteiger partial charge in [-0.3, -0.25) is 14.9 Å². The Morgan fingerprint density at radius 1 is 1.14 bits per heavy atom. The lowest BCUT2D eigenvalue weighted by molar-refractivity contribution is -0.384. The first-order valence-corrected chi connectivity index (χ1v) is 8.81. The molecule has 0 aliphatic heterocycles. The van der Waals surface area contributed by atoms with E-state index in [4.69, 9.17) is 27.9 Å². The van der Waals surface area contributed by atoms with E-state index >= 15 is 0 Å². The minimum absolute atomic E-state index is 0.0565. The lowest BCUT2D eigenvalue weighted by Gasteiger charge is -2.12. The molecule has 1 amide bonds. The Hall–Kier alpha value is -3.10. The van der Waals surface area contributed by atoms with Crippen LogP contribution in [-0.2, 0) is 11.3 Å². The van der Waals surface area contributed by atoms with Crippen LogP contribution < -0.4 is 10.1 Å². The molecule has 0 aliphatic rings. The van der Waals surface area contributed by atoms with Gasteiger partial charge in [0, 0.05) is 33.8 Å². The fraction of sp³-hybridized carbons (Fsp3) is 0.111. The first-order chi connectivity index (χ1) is 13.4. The molecule has 0 spiro atoms. The molecule has 144 valence electrons. The van der Waals surface area contributed by atoms with Crippen molar-refractivity contribution >= 4 is 40.6 Å². The van der Waals surface area contributed by atoms with Crippen LogP contribution in [0.2, 0.25) is 10.0 Å². The van der Waals surface area contributed by atoms with Gasteiger partial charge >= 0.3 is 0 Å². The van der Waals surface area contributed by atoms with Gasteiger partial charge in [-0.25, -0.2) is 4.68 Å². The molecule has 3 rings (SSSR count). The van der Waals surface area contributed by atoms with Crippen molar-refractivity contribution in [2.75, 3.05) is 11.9 Å². The van der Waals surface area contributed by atoms with Crippen LogP contribution in [0.3, 0.4) is 0 Å². The fourth-order valence-corrected chi connectivity index (χ4v) is 2.91. The van der Waals surface area contributed by atoms with Crippen molar-refractivity contribution in [2.45, 2.75) is 6.54 Å². The van der Waals surface area contributed by atoms with E-state index in [0.29, 0.717) is 27.2 Å². The predicted molar refractivity (Wildman–Crippen MR) is 105 cm³/mol. The van der Waals surface area contributed by atoms with Crippen molar-refractivity contribution in [1.29, 1.82) is 0 Å². The monoisotopic (exact) mass is 420 g/mol. The number of halogens is 2. The average molecular weight is 421 g/mol. The number of hydrogen-bond donors (Lipinski definition) is 1. The summed E-state index contributed by atoms with van der Waals surface area (Å²) in [4.78, 5) is 22.3. The molecule has 28 heavy (non-hydrogen) atoms. The molecule has 10 heteroatoms. The number of rotatable bonds is 7. The molecule has 1 heterocycles. The van der Waals surface area contributed by atoms with Gasteiger partial charge in [-0.05, 0) is 24.3 Å². The Bertz CT molecular complexity index is 985. The van der Waals surface area contributed by atoms with Gasteiger partial charge in [-0.1, -0.05) is 29.3 Å². The van der Waals surface area contributed by atoms with Crippen molar-refractivity contribution in [2.24, 2.45) is 0 Å². The number of ether oxygens (including phenoxy) is 1. The Labute approximate surface area is 169 Å². The maximum Gasteiger partial charge on any atom is 0.269 e. The van der Waals surface area contributed by atoms with Crippen LogP contribution in [-0.4, -0.2) is 27.2 Å². The summed E-state index contributed by atoms with van der Waals surface area (Å²) in [5.41, 5.74) is 0.631. The summed E-state index contributed by atoms with van der Waals surface area (Å²) in [5.74, 6) is 0.385. The summed E-state index contributed by atoms with van der Waals surface area (Å²) in [6, 6.07) is 12.3. The van der Waals surface area contributed by atoms with Crippen molar-refractivity contribution in [3.8, 4) is 5.75 Å². The van der Waals surface area contributed by atoms with Gasteiger partial charge in [-0.2, -0.15) is 5.10 Å². The third kappa shape index (κ3) is 4.79. The summed E-state index contributed by atoms with van der Waals surface area (Å²) in [5, 5.41) is 18.5. The second-order valence-corrected chi connectivity index (χ2v) is 6.48. The van der Waals surface area contributed by atoms with Crippen LogP contribution >= 0.6 is 23.2 Å². The van der Waals surface area contributed by atoms with Gasteiger partial charge in [0.1, 0.15) is 11.6 Å². The molecule has 0 fully saturated rings. The molecule has 1 N–H and O–H groups in total. The number of nitrogens with one attached hydrogen (secondary N) is 1. The summed E-state index contributed by atoms with van der Waals surface area (Å²) >= 11 is 12.4. The molecule has 0 aliphatic carbocycles. The number of nitro benzene ring substituents is 1. The van der Waals surface area contributed by atoms with Gasteiger partial charge in [0.15, 0.2) is 6.61 Å². The normalized spacial score (nSPS) is 10.5. The van der Waals surface area contributed by atoms with Gasteiger partial charge in [0.2, 0.25) is 0 Å². The predicted octanol–water partition coefficient (Wildman–Crippen LogP) is 4.16. The van der Waals surface area contributed by atoms with E-state index in [0.717, 1.165) is 0 Å². The smallest absolute Gasteiger partial charge is 0.269 e. The van der Waals surface area contributed by atoms with E-state index in [1.165, 1.54) is 30.5 Å². The molecule has 0 saturated carbocycles. The van der Waals surface area contributed by atoms with Crippen LogP contribution in [0, 0.1) is 10.1 Å². The molecule has 8 nitrogen and oxygen atoms in total. The third-order valence-electron chi connectivity index (χ3n) is 3.77.